The number of carbonyl (C=O) groups excluding carboxylic acids is 1. The van der Waals surface area contributed by atoms with Crippen molar-refractivity contribution in [2.24, 2.45) is 5.10 Å². The number of hydrogen-bond donors (Lipinski definition) is 1. The van der Waals surface area contributed by atoms with E-state index in [4.69, 9.17) is 4.74 Å². The standard InChI is InChI=1S/C20H16N6O2/c1-28-20(27)15-7-5-6-14(10-15)11-23-25-18-17-12-24-26(19(17)22-13-21-18)16-8-3-2-4-9-16/h2-13H,1H3,(H,21,22,25). The number of methoxy groups -OCH3 is 1. The second-order valence-corrected chi connectivity index (χ2v) is 5.84. The van der Waals surface area contributed by atoms with Gasteiger partial charge in [-0.1, -0.05) is 30.3 Å². The Morgan fingerprint density at radius 1 is 1.14 bits per heavy atom. The molecule has 8 heteroatoms. The van der Waals surface area contributed by atoms with Crippen LogP contribution in [-0.4, -0.2) is 39.0 Å². The summed E-state index contributed by atoms with van der Waals surface area (Å²) in [5.74, 6) is 0.140. The fraction of sp³-hybridized carbons (Fsp3) is 0.0500. The second-order valence-electron chi connectivity index (χ2n) is 5.84. The van der Waals surface area contributed by atoms with Crippen LogP contribution in [0.1, 0.15) is 15.9 Å². The Hall–Kier alpha value is -4.07. The maximum Gasteiger partial charge on any atom is 0.337 e. The molecule has 0 aliphatic rings. The molecular weight excluding hydrogens is 356 g/mol. The van der Waals surface area contributed by atoms with E-state index in [0.717, 1.165) is 16.6 Å². The summed E-state index contributed by atoms with van der Waals surface area (Å²) in [5.41, 5.74) is 5.70. The van der Waals surface area contributed by atoms with E-state index < -0.39 is 5.97 Å². The monoisotopic (exact) mass is 372 g/mol. The Labute approximate surface area is 160 Å². The average molecular weight is 372 g/mol. The number of benzene rings is 2. The molecule has 2 aromatic heterocycles. The molecule has 4 rings (SSSR count). The van der Waals surface area contributed by atoms with E-state index in [9.17, 15) is 4.79 Å². The van der Waals surface area contributed by atoms with Crippen molar-refractivity contribution in [3.8, 4) is 5.69 Å². The zero-order valence-corrected chi connectivity index (χ0v) is 15.0. The molecule has 0 saturated carbocycles. The van der Waals surface area contributed by atoms with Gasteiger partial charge >= 0.3 is 5.97 Å². The number of carbonyl (C=O) groups is 1. The maximum atomic E-state index is 11.6. The summed E-state index contributed by atoms with van der Waals surface area (Å²) in [4.78, 5) is 20.2. The largest absolute Gasteiger partial charge is 0.465 e. The molecule has 2 heterocycles. The van der Waals surface area contributed by atoms with E-state index in [2.05, 4.69) is 25.6 Å². The van der Waals surface area contributed by atoms with Crippen molar-refractivity contribution in [3.05, 3.63) is 78.2 Å². The molecule has 0 fully saturated rings. The first-order chi connectivity index (χ1) is 13.8. The van der Waals surface area contributed by atoms with Crippen molar-refractivity contribution in [1.29, 1.82) is 0 Å². The zero-order chi connectivity index (χ0) is 19.3. The van der Waals surface area contributed by atoms with Gasteiger partial charge in [0.1, 0.15) is 6.33 Å². The fourth-order valence-corrected chi connectivity index (χ4v) is 2.72. The molecule has 0 amide bonds. The van der Waals surface area contributed by atoms with E-state index in [-0.39, 0.29) is 0 Å². The molecule has 4 aromatic rings. The minimum atomic E-state index is -0.394. The van der Waals surface area contributed by atoms with Gasteiger partial charge in [-0.25, -0.2) is 19.4 Å². The van der Waals surface area contributed by atoms with Crippen molar-refractivity contribution in [3.63, 3.8) is 0 Å². The number of anilines is 1. The van der Waals surface area contributed by atoms with Crippen LogP contribution in [0.25, 0.3) is 16.7 Å². The molecular formula is C20H16N6O2. The van der Waals surface area contributed by atoms with Gasteiger partial charge in [0, 0.05) is 0 Å². The topological polar surface area (TPSA) is 94.3 Å². The first-order valence-corrected chi connectivity index (χ1v) is 8.48. The maximum absolute atomic E-state index is 11.6. The number of rotatable bonds is 5. The lowest BCUT2D eigenvalue weighted by atomic mass is 10.1. The first kappa shape index (κ1) is 17.3. The van der Waals surface area contributed by atoms with Crippen LogP contribution in [0.15, 0.2) is 72.2 Å². The van der Waals surface area contributed by atoms with Gasteiger partial charge in [-0.3, -0.25) is 5.43 Å². The van der Waals surface area contributed by atoms with E-state index in [1.807, 2.05) is 36.4 Å². The quantitative estimate of drug-likeness (QED) is 0.329. The lowest BCUT2D eigenvalue weighted by Crippen LogP contribution is -2.02. The van der Waals surface area contributed by atoms with E-state index >= 15 is 0 Å². The van der Waals surface area contributed by atoms with E-state index in [0.29, 0.717) is 17.0 Å². The summed E-state index contributed by atoms with van der Waals surface area (Å²) in [6, 6.07) is 16.7. The van der Waals surface area contributed by atoms with Crippen LogP contribution in [0.4, 0.5) is 5.82 Å². The molecule has 0 aliphatic carbocycles. The summed E-state index contributed by atoms with van der Waals surface area (Å²) >= 11 is 0. The van der Waals surface area contributed by atoms with Crippen molar-refractivity contribution in [1.82, 2.24) is 19.7 Å². The summed E-state index contributed by atoms with van der Waals surface area (Å²) in [5, 5.41) is 9.36. The van der Waals surface area contributed by atoms with Gasteiger partial charge in [0.05, 0.1) is 36.2 Å². The number of aromatic nitrogens is 4. The molecule has 0 spiro atoms. The number of fused-ring (bicyclic) bond motifs is 1. The third-order valence-corrected chi connectivity index (χ3v) is 4.06. The number of esters is 1. The van der Waals surface area contributed by atoms with Crippen LogP contribution in [0.2, 0.25) is 0 Å². The SMILES string of the molecule is COC(=O)c1cccc(C=NNc2ncnc3c2cnn3-c2ccccc2)c1. The molecule has 0 bridgehead atoms. The van der Waals surface area contributed by atoms with Gasteiger partial charge < -0.3 is 4.74 Å². The summed E-state index contributed by atoms with van der Waals surface area (Å²) in [6.45, 7) is 0. The number of nitrogens with one attached hydrogen (secondary N) is 1. The lowest BCUT2D eigenvalue weighted by molar-refractivity contribution is 0.0600. The Morgan fingerprint density at radius 3 is 2.82 bits per heavy atom. The van der Waals surface area contributed by atoms with Crippen molar-refractivity contribution in [2.75, 3.05) is 12.5 Å². The van der Waals surface area contributed by atoms with Crippen molar-refractivity contribution >= 4 is 29.0 Å². The highest BCUT2D eigenvalue weighted by Gasteiger charge is 2.10. The molecule has 0 atom stereocenters. The average Bonchev–Trinajstić information content (AvgIpc) is 3.19. The molecule has 8 nitrogen and oxygen atoms in total. The number of nitrogens with zero attached hydrogens (tertiary/aromatic N) is 5. The van der Waals surface area contributed by atoms with Crippen LogP contribution >= 0.6 is 0 Å². The van der Waals surface area contributed by atoms with Crippen molar-refractivity contribution < 1.29 is 9.53 Å². The van der Waals surface area contributed by atoms with Gasteiger partial charge in [0.25, 0.3) is 0 Å². The molecule has 28 heavy (non-hydrogen) atoms. The van der Waals surface area contributed by atoms with Crippen molar-refractivity contribution in [2.45, 2.75) is 0 Å². The Kier molecular flexibility index (Phi) is 4.75. The summed E-state index contributed by atoms with van der Waals surface area (Å²) in [6.07, 6.45) is 4.75. The van der Waals surface area contributed by atoms with E-state index in [1.165, 1.54) is 13.4 Å². The summed E-state index contributed by atoms with van der Waals surface area (Å²) < 4.78 is 6.47. The summed E-state index contributed by atoms with van der Waals surface area (Å²) in [7, 11) is 1.35. The highest BCUT2D eigenvalue weighted by molar-refractivity contribution is 5.92. The molecule has 1 N–H and O–H groups in total. The zero-order valence-electron chi connectivity index (χ0n) is 15.0. The minimum Gasteiger partial charge on any atom is -0.465 e. The number of ether oxygens (including phenoxy) is 1. The smallest absolute Gasteiger partial charge is 0.337 e. The minimum absolute atomic E-state index is 0.394. The van der Waals surface area contributed by atoms with Crippen LogP contribution in [0.5, 0.6) is 0 Å². The number of para-hydroxylation sites is 1. The first-order valence-electron chi connectivity index (χ1n) is 8.48. The van der Waals surface area contributed by atoms with Gasteiger partial charge in [-0.05, 0) is 29.8 Å². The molecule has 0 aliphatic heterocycles. The normalized spacial score (nSPS) is 11.0. The molecule has 138 valence electrons. The van der Waals surface area contributed by atoms with Crippen LogP contribution in [-0.2, 0) is 4.74 Å². The van der Waals surface area contributed by atoms with Gasteiger partial charge in [0.15, 0.2) is 11.5 Å². The third-order valence-electron chi connectivity index (χ3n) is 4.06. The highest BCUT2D eigenvalue weighted by atomic mass is 16.5. The fourth-order valence-electron chi connectivity index (χ4n) is 2.72. The van der Waals surface area contributed by atoms with Crippen LogP contribution in [0, 0.1) is 0 Å². The predicted octanol–water partition coefficient (Wildman–Crippen LogP) is 3.05. The second kappa shape index (κ2) is 7.67. The molecule has 2 aromatic carbocycles. The molecule has 0 radical (unpaired) electrons. The Bertz CT molecular complexity index is 1150. The highest BCUT2D eigenvalue weighted by Crippen LogP contribution is 2.21. The lowest BCUT2D eigenvalue weighted by Gasteiger charge is -2.04. The predicted molar refractivity (Wildman–Crippen MR) is 106 cm³/mol. The Morgan fingerprint density at radius 2 is 2.00 bits per heavy atom. The van der Waals surface area contributed by atoms with Crippen LogP contribution < -0.4 is 5.43 Å². The molecule has 0 unspecified atom stereocenters. The van der Waals surface area contributed by atoms with E-state index in [1.54, 1.807) is 35.3 Å². The van der Waals surface area contributed by atoms with Crippen LogP contribution in [0.3, 0.4) is 0 Å². The number of hydrazone groups is 1. The van der Waals surface area contributed by atoms with Gasteiger partial charge in [0.2, 0.25) is 0 Å². The van der Waals surface area contributed by atoms with Gasteiger partial charge in [-0.2, -0.15) is 10.2 Å². The third kappa shape index (κ3) is 3.43. The molecule has 0 saturated heterocycles. The van der Waals surface area contributed by atoms with Gasteiger partial charge in [-0.15, -0.1) is 0 Å². The number of hydrogen-bond acceptors (Lipinski definition) is 7. The Balaban J connectivity index is 1.58.